The quantitative estimate of drug-likeness (QED) is 0.393. The fraction of sp³-hybridized carbons (Fsp3) is 0.435. The van der Waals surface area contributed by atoms with Crippen LogP contribution in [0.25, 0.3) is 10.2 Å². The van der Waals surface area contributed by atoms with Crippen LogP contribution in [0.15, 0.2) is 12.1 Å². The lowest BCUT2D eigenvalue weighted by molar-refractivity contribution is 0.0601. The Morgan fingerprint density at radius 2 is 1.97 bits per heavy atom. The zero-order valence-electron chi connectivity index (χ0n) is 18.0. The highest BCUT2D eigenvalue weighted by molar-refractivity contribution is 7.21. The first kappa shape index (κ1) is 21.8. The summed E-state index contributed by atoms with van der Waals surface area (Å²) in [6, 6.07) is 3.91. The largest absolute Gasteiger partial charge is 0.465 e. The SMILES string of the molecule is COC(=O)c1c(NC(=O)c2sc3nc(CC(C)C)ccc3c2N)sc2c1CCCCC2. The highest BCUT2D eigenvalue weighted by Gasteiger charge is 2.27. The number of aryl methyl sites for hydroxylation is 1. The monoisotopic (exact) mass is 457 g/mol. The third-order valence-corrected chi connectivity index (χ3v) is 7.83. The van der Waals surface area contributed by atoms with Gasteiger partial charge in [-0.1, -0.05) is 20.3 Å². The van der Waals surface area contributed by atoms with Gasteiger partial charge >= 0.3 is 5.97 Å². The predicted octanol–water partition coefficient (Wildman–Crippen LogP) is 5.45. The molecule has 31 heavy (non-hydrogen) atoms. The number of carbonyl (C=O) groups is 2. The molecule has 0 spiro atoms. The van der Waals surface area contributed by atoms with Gasteiger partial charge in [0.2, 0.25) is 0 Å². The first-order chi connectivity index (χ1) is 14.9. The Hall–Kier alpha value is -2.45. The van der Waals surface area contributed by atoms with Gasteiger partial charge in [-0.15, -0.1) is 22.7 Å². The number of fused-ring (bicyclic) bond motifs is 2. The van der Waals surface area contributed by atoms with Gasteiger partial charge in [-0.25, -0.2) is 9.78 Å². The first-order valence-corrected chi connectivity index (χ1v) is 12.2. The van der Waals surface area contributed by atoms with Crippen molar-refractivity contribution in [3.63, 3.8) is 0 Å². The number of thiophene rings is 2. The maximum absolute atomic E-state index is 13.2. The zero-order chi connectivity index (χ0) is 22.1. The molecule has 0 atom stereocenters. The minimum atomic E-state index is -0.404. The van der Waals surface area contributed by atoms with E-state index in [0.29, 0.717) is 27.0 Å². The minimum Gasteiger partial charge on any atom is -0.465 e. The molecule has 3 heterocycles. The molecule has 0 aromatic carbocycles. The van der Waals surface area contributed by atoms with Crippen LogP contribution in [0.5, 0.6) is 0 Å². The number of hydrogen-bond donors (Lipinski definition) is 2. The summed E-state index contributed by atoms with van der Waals surface area (Å²) in [6.45, 7) is 4.30. The molecule has 3 aromatic rings. The number of nitrogens with two attached hydrogens (primary N) is 1. The summed E-state index contributed by atoms with van der Waals surface area (Å²) in [4.78, 5) is 32.7. The summed E-state index contributed by atoms with van der Waals surface area (Å²) in [5.74, 6) is -0.220. The Morgan fingerprint density at radius 3 is 2.71 bits per heavy atom. The van der Waals surface area contributed by atoms with Crippen molar-refractivity contribution in [2.24, 2.45) is 5.92 Å². The molecule has 0 bridgehead atoms. The second kappa shape index (κ2) is 8.96. The van der Waals surface area contributed by atoms with Crippen LogP contribution in [-0.4, -0.2) is 24.0 Å². The van der Waals surface area contributed by atoms with Gasteiger partial charge in [-0.05, 0) is 55.7 Å². The van der Waals surface area contributed by atoms with Crippen LogP contribution in [0.4, 0.5) is 10.7 Å². The number of pyridine rings is 1. The summed E-state index contributed by atoms with van der Waals surface area (Å²) in [7, 11) is 1.37. The van der Waals surface area contributed by atoms with E-state index in [0.717, 1.165) is 64.9 Å². The van der Waals surface area contributed by atoms with E-state index in [1.54, 1.807) is 0 Å². The molecule has 3 N–H and O–H groups in total. The van der Waals surface area contributed by atoms with Gasteiger partial charge in [0.1, 0.15) is 14.7 Å². The van der Waals surface area contributed by atoms with Crippen LogP contribution < -0.4 is 11.1 Å². The molecule has 0 saturated carbocycles. The number of ether oxygens (including phenoxy) is 1. The zero-order valence-corrected chi connectivity index (χ0v) is 19.7. The minimum absolute atomic E-state index is 0.313. The van der Waals surface area contributed by atoms with Crippen LogP contribution in [0, 0.1) is 5.92 Å². The Labute approximate surface area is 189 Å². The number of esters is 1. The number of nitrogens with zero attached hydrogens (tertiary/aromatic N) is 1. The number of carbonyl (C=O) groups excluding carboxylic acids is 2. The average molecular weight is 458 g/mol. The molecule has 0 aliphatic heterocycles. The van der Waals surface area contributed by atoms with E-state index in [1.165, 1.54) is 29.8 Å². The van der Waals surface area contributed by atoms with Crippen molar-refractivity contribution >= 4 is 55.5 Å². The number of anilines is 2. The number of hydrogen-bond acceptors (Lipinski definition) is 7. The van der Waals surface area contributed by atoms with Gasteiger partial charge in [0, 0.05) is 16.0 Å². The van der Waals surface area contributed by atoms with Gasteiger partial charge < -0.3 is 15.8 Å². The molecule has 0 radical (unpaired) electrons. The molecule has 1 aliphatic carbocycles. The van der Waals surface area contributed by atoms with Gasteiger partial charge in [0.15, 0.2) is 0 Å². The number of amides is 1. The standard InChI is InChI=1S/C23H27N3O3S2/c1-12(2)11-13-9-10-15-18(24)19(31-21(15)25-13)20(27)26-22-17(23(28)29-3)14-7-5-4-6-8-16(14)30-22/h9-10,12H,4-8,11,24H2,1-3H3,(H,26,27). The van der Waals surface area contributed by atoms with Crippen LogP contribution in [0.2, 0.25) is 0 Å². The average Bonchev–Trinajstić information content (AvgIpc) is 3.14. The second-order valence-electron chi connectivity index (χ2n) is 8.31. The maximum Gasteiger partial charge on any atom is 0.341 e. The highest BCUT2D eigenvalue weighted by atomic mass is 32.1. The Balaban J connectivity index is 1.67. The number of nitrogens with one attached hydrogen (secondary N) is 1. The molecule has 164 valence electrons. The molecule has 0 fully saturated rings. The second-order valence-corrected chi connectivity index (χ2v) is 10.4. The molecular formula is C23H27N3O3S2. The van der Waals surface area contributed by atoms with Crippen molar-refractivity contribution in [2.45, 2.75) is 52.4 Å². The van der Waals surface area contributed by atoms with Crippen LogP contribution in [0.1, 0.15) is 69.3 Å². The Bertz CT molecular complexity index is 1150. The number of nitrogen functional groups attached to an aromatic ring is 1. The lowest BCUT2D eigenvalue weighted by Crippen LogP contribution is -2.14. The van der Waals surface area contributed by atoms with E-state index in [1.807, 2.05) is 12.1 Å². The van der Waals surface area contributed by atoms with Crippen LogP contribution in [0.3, 0.4) is 0 Å². The van der Waals surface area contributed by atoms with Crippen molar-refractivity contribution in [3.05, 3.63) is 38.7 Å². The summed E-state index contributed by atoms with van der Waals surface area (Å²) < 4.78 is 5.03. The molecule has 0 unspecified atom stereocenters. The van der Waals surface area contributed by atoms with Crippen molar-refractivity contribution < 1.29 is 14.3 Å². The lowest BCUT2D eigenvalue weighted by Gasteiger charge is -2.07. The van der Waals surface area contributed by atoms with Gasteiger partial charge in [-0.2, -0.15) is 0 Å². The smallest absolute Gasteiger partial charge is 0.341 e. The molecule has 1 amide bonds. The summed E-state index contributed by atoms with van der Waals surface area (Å²) in [5, 5.41) is 4.29. The summed E-state index contributed by atoms with van der Waals surface area (Å²) in [5.41, 5.74) is 9.25. The Morgan fingerprint density at radius 1 is 1.19 bits per heavy atom. The van der Waals surface area contributed by atoms with Gasteiger partial charge in [-0.3, -0.25) is 4.79 Å². The molecule has 4 rings (SSSR count). The number of methoxy groups -OCH3 is 1. The number of rotatable bonds is 5. The molecule has 6 nitrogen and oxygen atoms in total. The summed E-state index contributed by atoms with van der Waals surface area (Å²) in [6.07, 6.45) is 5.91. The van der Waals surface area contributed by atoms with Gasteiger partial charge in [0.05, 0.1) is 18.4 Å². The van der Waals surface area contributed by atoms with E-state index in [4.69, 9.17) is 15.5 Å². The topological polar surface area (TPSA) is 94.3 Å². The van der Waals surface area contributed by atoms with E-state index in [-0.39, 0.29) is 5.91 Å². The normalized spacial score (nSPS) is 13.8. The fourth-order valence-corrected chi connectivity index (χ4v) is 6.33. The van der Waals surface area contributed by atoms with Crippen LogP contribution >= 0.6 is 22.7 Å². The van der Waals surface area contributed by atoms with Crippen molar-refractivity contribution in [2.75, 3.05) is 18.2 Å². The van der Waals surface area contributed by atoms with E-state index in [2.05, 4.69) is 19.2 Å². The van der Waals surface area contributed by atoms with Crippen LogP contribution in [-0.2, 0) is 24.0 Å². The van der Waals surface area contributed by atoms with Crippen molar-refractivity contribution in [1.82, 2.24) is 4.98 Å². The van der Waals surface area contributed by atoms with Gasteiger partial charge in [0.25, 0.3) is 5.91 Å². The van der Waals surface area contributed by atoms with E-state index >= 15 is 0 Å². The molecule has 0 saturated heterocycles. The Kier molecular flexibility index (Phi) is 6.29. The first-order valence-electron chi connectivity index (χ1n) is 10.6. The van der Waals surface area contributed by atoms with E-state index < -0.39 is 5.97 Å². The maximum atomic E-state index is 13.2. The molecular weight excluding hydrogens is 430 g/mol. The van der Waals surface area contributed by atoms with Crippen molar-refractivity contribution in [1.29, 1.82) is 0 Å². The third-order valence-electron chi connectivity index (χ3n) is 5.51. The van der Waals surface area contributed by atoms with Crippen molar-refractivity contribution in [3.8, 4) is 0 Å². The molecule has 3 aromatic heterocycles. The molecule has 8 heteroatoms. The lowest BCUT2D eigenvalue weighted by atomic mass is 10.1. The number of aromatic nitrogens is 1. The van der Waals surface area contributed by atoms with E-state index in [9.17, 15) is 9.59 Å². The summed E-state index contributed by atoms with van der Waals surface area (Å²) >= 11 is 2.77. The molecule has 1 aliphatic rings. The highest BCUT2D eigenvalue weighted by Crippen LogP contribution is 2.39. The predicted molar refractivity (Wildman–Crippen MR) is 127 cm³/mol. The fourth-order valence-electron chi connectivity index (χ4n) is 4.04. The third kappa shape index (κ3) is 4.32.